The molecule has 1 unspecified atom stereocenters. The van der Waals surface area contributed by atoms with E-state index in [1.54, 1.807) is 12.1 Å². The van der Waals surface area contributed by atoms with Gasteiger partial charge in [-0.15, -0.1) is 0 Å². The van der Waals surface area contributed by atoms with Crippen LogP contribution in [0, 0.1) is 5.92 Å². The second kappa shape index (κ2) is 4.50. The fraction of sp³-hybridized carbons (Fsp3) is 0.400. The van der Waals surface area contributed by atoms with Crippen LogP contribution in [-0.2, 0) is 11.0 Å². The van der Waals surface area contributed by atoms with Crippen LogP contribution in [0.15, 0.2) is 24.3 Å². The Hall–Kier alpha value is -0.720. The minimum Gasteiger partial charge on any atom is -0.156 e. The molecule has 0 saturated carbocycles. The van der Waals surface area contributed by atoms with E-state index >= 15 is 0 Å². The lowest BCUT2D eigenvalue weighted by Gasteiger charge is -2.03. The molecule has 0 aliphatic rings. The Morgan fingerprint density at radius 1 is 1.38 bits per heavy atom. The average Bonchev–Trinajstić information content (AvgIpc) is 2.03. The van der Waals surface area contributed by atoms with Gasteiger partial charge in [0.2, 0.25) is 5.30 Å². The molecule has 0 aliphatic carbocycles. The van der Waals surface area contributed by atoms with Crippen LogP contribution < -0.4 is 5.30 Å². The summed E-state index contributed by atoms with van der Waals surface area (Å²) in [5.74, 6) is 0.510. The second-order valence-electron chi connectivity index (χ2n) is 3.50. The number of hydrogen-bond donors (Lipinski definition) is 1. The van der Waals surface area contributed by atoms with Crippen LogP contribution in [0.4, 0.5) is 0 Å². The van der Waals surface area contributed by atoms with Gasteiger partial charge in [-0.2, -0.15) is 4.89 Å². The maximum atomic E-state index is 11.0. The molecule has 1 rings (SSSR count). The zero-order chi connectivity index (χ0) is 9.84. The van der Waals surface area contributed by atoms with Crippen molar-refractivity contribution in [3.05, 3.63) is 29.8 Å². The normalized spacial score (nSPS) is 11.8. The van der Waals surface area contributed by atoms with Gasteiger partial charge in [0, 0.05) is 5.56 Å². The van der Waals surface area contributed by atoms with Crippen molar-refractivity contribution >= 4 is 13.3 Å². The summed E-state index contributed by atoms with van der Waals surface area (Å²) >= 11 is 0. The number of hydrogen-bond acceptors (Lipinski definition) is 1. The molecule has 1 N–H and O–H groups in total. The summed E-state index contributed by atoms with van der Waals surface area (Å²) in [7, 11) is -2.20. The smallest absolute Gasteiger partial charge is 0.156 e. The molecule has 2 nitrogen and oxygen atoms in total. The first kappa shape index (κ1) is 10.4. The predicted octanol–water partition coefficient (Wildman–Crippen LogP) is 2.25. The van der Waals surface area contributed by atoms with Crippen LogP contribution in [0.5, 0.6) is 0 Å². The van der Waals surface area contributed by atoms with Crippen LogP contribution >= 0.6 is 8.03 Å². The third-order valence-corrected chi connectivity index (χ3v) is 2.67. The third kappa shape index (κ3) is 2.91. The molecule has 0 fully saturated rings. The zero-order valence-corrected chi connectivity index (χ0v) is 8.79. The maximum Gasteiger partial charge on any atom is 0.546 e. The van der Waals surface area contributed by atoms with Gasteiger partial charge in [-0.25, -0.2) is 0 Å². The van der Waals surface area contributed by atoms with Crippen molar-refractivity contribution in [2.45, 2.75) is 20.3 Å². The lowest BCUT2D eigenvalue weighted by molar-refractivity contribution is 0.513. The highest BCUT2D eigenvalue weighted by molar-refractivity contribution is 7.47. The SMILES string of the molecule is CC(C)Cc1ccccc1[P+](=O)O. The molecular formula is C10H14O2P+. The average molecular weight is 197 g/mol. The van der Waals surface area contributed by atoms with Crippen molar-refractivity contribution in [1.29, 1.82) is 0 Å². The molecule has 0 spiro atoms. The molecule has 0 amide bonds. The molecule has 3 heteroatoms. The van der Waals surface area contributed by atoms with Crippen molar-refractivity contribution in [1.82, 2.24) is 0 Å². The van der Waals surface area contributed by atoms with Gasteiger partial charge >= 0.3 is 8.03 Å². The van der Waals surface area contributed by atoms with Gasteiger partial charge in [-0.3, -0.25) is 0 Å². The molecule has 0 saturated heterocycles. The monoisotopic (exact) mass is 197 g/mol. The topological polar surface area (TPSA) is 37.3 Å². The van der Waals surface area contributed by atoms with Gasteiger partial charge in [0.05, 0.1) is 0 Å². The minimum atomic E-state index is -2.20. The minimum absolute atomic E-state index is 0.510. The standard InChI is InChI=1S/C10H13O2P/c1-8(2)7-9-5-3-4-6-10(9)13(11)12/h3-6,8H,7H2,1-2H3/p+1. The van der Waals surface area contributed by atoms with Gasteiger partial charge in [0.1, 0.15) is 0 Å². The highest BCUT2D eigenvalue weighted by atomic mass is 31.1. The summed E-state index contributed by atoms with van der Waals surface area (Å²) in [4.78, 5) is 9.03. The van der Waals surface area contributed by atoms with Crippen LogP contribution in [0.3, 0.4) is 0 Å². The summed E-state index contributed by atoms with van der Waals surface area (Å²) in [5.41, 5.74) is 0.987. The van der Waals surface area contributed by atoms with Crippen molar-refractivity contribution in [2.24, 2.45) is 5.92 Å². The van der Waals surface area contributed by atoms with E-state index in [4.69, 9.17) is 4.89 Å². The lowest BCUT2D eigenvalue weighted by Crippen LogP contribution is -2.07. The molecule has 1 aromatic carbocycles. The summed E-state index contributed by atoms with van der Waals surface area (Å²) in [6.45, 7) is 4.20. The first-order valence-electron chi connectivity index (χ1n) is 4.35. The molecule has 13 heavy (non-hydrogen) atoms. The van der Waals surface area contributed by atoms with E-state index in [0.717, 1.165) is 12.0 Å². The Morgan fingerprint density at radius 3 is 2.54 bits per heavy atom. The van der Waals surface area contributed by atoms with E-state index in [1.807, 2.05) is 12.1 Å². The molecule has 70 valence electrons. The van der Waals surface area contributed by atoms with Crippen molar-refractivity contribution < 1.29 is 9.46 Å². The van der Waals surface area contributed by atoms with Gasteiger partial charge < -0.3 is 0 Å². The zero-order valence-electron chi connectivity index (χ0n) is 7.90. The van der Waals surface area contributed by atoms with E-state index in [2.05, 4.69) is 13.8 Å². The maximum absolute atomic E-state index is 11.0. The molecule has 0 bridgehead atoms. The van der Waals surface area contributed by atoms with E-state index < -0.39 is 8.03 Å². The van der Waals surface area contributed by atoms with Gasteiger partial charge in [-0.05, 0) is 23.0 Å². The van der Waals surface area contributed by atoms with Gasteiger partial charge in [0.25, 0.3) is 0 Å². The Bertz CT molecular complexity index is 308. The molecule has 0 radical (unpaired) electrons. The molecular weight excluding hydrogens is 183 g/mol. The van der Waals surface area contributed by atoms with Gasteiger partial charge in [-0.1, -0.05) is 32.0 Å². The predicted molar refractivity (Wildman–Crippen MR) is 54.4 cm³/mol. The quantitative estimate of drug-likeness (QED) is 0.754. The first-order valence-corrected chi connectivity index (χ1v) is 5.56. The summed E-state index contributed by atoms with van der Waals surface area (Å²) < 4.78 is 11.0. The van der Waals surface area contributed by atoms with E-state index in [1.165, 1.54) is 0 Å². The van der Waals surface area contributed by atoms with E-state index in [-0.39, 0.29) is 0 Å². The number of benzene rings is 1. The molecule has 0 heterocycles. The lowest BCUT2D eigenvalue weighted by atomic mass is 10.0. The van der Waals surface area contributed by atoms with E-state index in [0.29, 0.717) is 11.2 Å². The van der Waals surface area contributed by atoms with Crippen LogP contribution in [0.25, 0.3) is 0 Å². The Labute approximate surface area is 79.5 Å². The molecule has 0 aliphatic heterocycles. The summed E-state index contributed by atoms with van der Waals surface area (Å²) in [5, 5.41) is 0.575. The fourth-order valence-corrected chi connectivity index (χ4v) is 1.93. The van der Waals surface area contributed by atoms with Crippen LogP contribution in [0.1, 0.15) is 19.4 Å². The molecule has 0 aromatic heterocycles. The second-order valence-corrected chi connectivity index (χ2v) is 4.53. The summed E-state index contributed by atoms with van der Waals surface area (Å²) in [6, 6.07) is 7.33. The van der Waals surface area contributed by atoms with Crippen LogP contribution in [0.2, 0.25) is 0 Å². The highest BCUT2D eigenvalue weighted by Gasteiger charge is 2.20. The summed E-state index contributed by atoms with van der Waals surface area (Å²) in [6.07, 6.45) is 0.859. The Kier molecular flexibility index (Phi) is 3.58. The fourth-order valence-electron chi connectivity index (χ4n) is 1.31. The van der Waals surface area contributed by atoms with Gasteiger partial charge in [0.15, 0.2) is 0 Å². The Morgan fingerprint density at radius 2 is 2.00 bits per heavy atom. The number of rotatable bonds is 3. The van der Waals surface area contributed by atoms with Crippen LogP contribution in [-0.4, -0.2) is 4.89 Å². The third-order valence-electron chi connectivity index (χ3n) is 1.83. The largest absolute Gasteiger partial charge is 0.546 e. The molecule has 1 aromatic rings. The molecule has 1 atom stereocenters. The van der Waals surface area contributed by atoms with Crippen molar-refractivity contribution in [2.75, 3.05) is 0 Å². The highest BCUT2D eigenvalue weighted by Crippen LogP contribution is 2.18. The van der Waals surface area contributed by atoms with E-state index in [9.17, 15) is 4.57 Å². The van der Waals surface area contributed by atoms with Crippen molar-refractivity contribution in [3.63, 3.8) is 0 Å². The first-order chi connectivity index (χ1) is 6.11. The Balaban J connectivity index is 2.98. The van der Waals surface area contributed by atoms with Crippen molar-refractivity contribution in [3.8, 4) is 0 Å².